The van der Waals surface area contributed by atoms with Crippen LogP contribution in [0.4, 0.5) is 0 Å². The lowest BCUT2D eigenvalue weighted by Crippen LogP contribution is -2.45. The molecule has 0 bridgehead atoms. The van der Waals surface area contributed by atoms with Crippen LogP contribution >= 0.6 is 0 Å². The molecule has 2 N–H and O–H groups in total. The van der Waals surface area contributed by atoms with Gasteiger partial charge in [-0.3, -0.25) is 4.79 Å². The summed E-state index contributed by atoms with van der Waals surface area (Å²) in [6, 6.07) is 9.65. The van der Waals surface area contributed by atoms with Crippen molar-refractivity contribution in [1.29, 1.82) is 0 Å². The van der Waals surface area contributed by atoms with Crippen molar-refractivity contribution in [1.82, 2.24) is 10.6 Å². The van der Waals surface area contributed by atoms with Crippen LogP contribution in [0, 0.1) is 0 Å². The van der Waals surface area contributed by atoms with Gasteiger partial charge in [-0.1, -0.05) is 18.2 Å². The highest BCUT2D eigenvalue weighted by Crippen LogP contribution is 2.18. The molecule has 0 radical (unpaired) electrons. The third kappa shape index (κ3) is 2.24. The molecule has 2 heterocycles. The zero-order valence-electron chi connectivity index (χ0n) is 10.1. The molecular formula is C14H16N2O2. The second-order valence-corrected chi connectivity index (χ2v) is 4.67. The van der Waals surface area contributed by atoms with Crippen LogP contribution in [0.1, 0.15) is 23.4 Å². The van der Waals surface area contributed by atoms with E-state index in [-0.39, 0.29) is 11.9 Å². The summed E-state index contributed by atoms with van der Waals surface area (Å²) < 4.78 is 5.54. The first-order chi connectivity index (χ1) is 8.83. The number of rotatable bonds is 2. The molecule has 0 unspecified atom stereocenters. The van der Waals surface area contributed by atoms with Crippen LogP contribution in [-0.4, -0.2) is 25.0 Å². The molecule has 1 fully saturated rings. The van der Waals surface area contributed by atoms with Crippen molar-refractivity contribution in [3.63, 3.8) is 0 Å². The summed E-state index contributed by atoms with van der Waals surface area (Å²) in [5, 5.41) is 7.24. The first kappa shape index (κ1) is 11.3. The van der Waals surface area contributed by atoms with Gasteiger partial charge in [-0.25, -0.2) is 0 Å². The SMILES string of the molecule is O=C(N[C@H]1CCCNC1)c1cc2ccccc2o1. The summed E-state index contributed by atoms with van der Waals surface area (Å²) >= 11 is 0. The van der Waals surface area contributed by atoms with E-state index in [1.54, 1.807) is 6.07 Å². The average molecular weight is 244 g/mol. The van der Waals surface area contributed by atoms with E-state index in [0.717, 1.165) is 36.9 Å². The minimum Gasteiger partial charge on any atom is -0.451 e. The third-order valence-corrected chi connectivity index (χ3v) is 3.28. The summed E-state index contributed by atoms with van der Waals surface area (Å²) in [7, 11) is 0. The molecular weight excluding hydrogens is 228 g/mol. The Morgan fingerprint density at radius 3 is 3.06 bits per heavy atom. The fraction of sp³-hybridized carbons (Fsp3) is 0.357. The van der Waals surface area contributed by atoms with Gasteiger partial charge in [-0.05, 0) is 31.5 Å². The van der Waals surface area contributed by atoms with Gasteiger partial charge in [-0.15, -0.1) is 0 Å². The summed E-state index contributed by atoms with van der Waals surface area (Å²) in [6.07, 6.45) is 2.13. The molecule has 0 saturated carbocycles. The molecule has 0 spiro atoms. The minimum atomic E-state index is -0.125. The Kier molecular flexibility index (Phi) is 3.02. The number of carbonyl (C=O) groups excluding carboxylic acids is 1. The zero-order chi connectivity index (χ0) is 12.4. The number of fused-ring (bicyclic) bond motifs is 1. The van der Waals surface area contributed by atoms with Gasteiger partial charge < -0.3 is 15.1 Å². The van der Waals surface area contributed by atoms with Crippen LogP contribution < -0.4 is 10.6 Å². The van der Waals surface area contributed by atoms with E-state index in [0.29, 0.717) is 5.76 Å². The smallest absolute Gasteiger partial charge is 0.287 e. The maximum absolute atomic E-state index is 12.0. The number of amides is 1. The maximum atomic E-state index is 12.0. The Balaban J connectivity index is 1.74. The number of hydrogen-bond donors (Lipinski definition) is 2. The number of nitrogens with one attached hydrogen (secondary N) is 2. The quantitative estimate of drug-likeness (QED) is 0.848. The van der Waals surface area contributed by atoms with Crippen LogP contribution in [0.15, 0.2) is 34.7 Å². The second kappa shape index (κ2) is 4.82. The molecule has 3 rings (SSSR count). The van der Waals surface area contributed by atoms with Crippen LogP contribution in [0.2, 0.25) is 0 Å². The van der Waals surface area contributed by atoms with E-state index >= 15 is 0 Å². The molecule has 1 saturated heterocycles. The van der Waals surface area contributed by atoms with Gasteiger partial charge in [0, 0.05) is 18.0 Å². The van der Waals surface area contributed by atoms with Gasteiger partial charge in [0.2, 0.25) is 0 Å². The number of piperidine rings is 1. The highest BCUT2D eigenvalue weighted by atomic mass is 16.3. The largest absolute Gasteiger partial charge is 0.451 e. The predicted octanol–water partition coefficient (Wildman–Crippen LogP) is 1.91. The standard InChI is InChI=1S/C14H16N2O2/c17-14(16-11-5-3-7-15-9-11)13-8-10-4-1-2-6-12(10)18-13/h1-2,4,6,8,11,15H,3,5,7,9H2,(H,16,17)/t11-/m0/s1. The Bertz CT molecular complexity index is 523. The topological polar surface area (TPSA) is 54.3 Å². The third-order valence-electron chi connectivity index (χ3n) is 3.28. The monoisotopic (exact) mass is 244 g/mol. The van der Waals surface area contributed by atoms with Gasteiger partial charge in [0.25, 0.3) is 5.91 Å². The molecule has 1 atom stereocenters. The number of hydrogen-bond acceptors (Lipinski definition) is 3. The lowest BCUT2D eigenvalue weighted by atomic mass is 10.1. The van der Waals surface area contributed by atoms with E-state index in [1.807, 2.05) is 24.3 Å². The van der Waals surface area contributed by atoms with Crippen LogP contribution in [0.3, 0.4) is 0 Å². The van der Waals surface area contributed by atoms with Crippen LogP contribution in [0.25, 0.3) is 11.0 Å². The maximum Gasteiger partial charge on any atom is 0.287 e. The number of para-hydroxylation sites is 1. The minimum absolute atomic E-state index is 0.125. The van der Waals surface area contributed by atoms with Crippen LogP contribution in [-0.2, 0) is 0 Å². The Hall–Kier alpha value is -1.81. The molecule has 2 aromatic rings. The van der Waals surface area contributed by atoms with Gasteiger partial charge >= 0.3 is 0 Å². The highest BCUT2D eigenvalue weighted by Gasteiger charge is 2.18. The Labute approximate surface area is 105 Å². The summed E-state index contributed by atoms with van der Waals surface area (Å²) in [4.78, 5) is 12.0. The predicted molar refractivity (Wildman–Crippen MR) is 69.6 cm³/mol. The lowest BCUT2D eigenvalue weighted by molar-refractivity contribution is 0.0905. The van der Waals surface area contributed by atoms with E-state index in [9.17, 15) is 4.79 Å². The second-order valence-electron chi connectivity index (χ2n) is 4.67. The van der Waals surface area contributed by atoms with Crippen molar-refractivity contribution in [3.8, 4) is 0 Å². The summed E-state index contributed by atoms with van der Waals surface area (Å²) in [5.41, 5.74) is 0.754. The Morgan fingerprint density at radius 1 is 1.39 bits per heavy atom. The molecule has 1 aromatic heterocycles. The summed E-state index contributed by atoms with van der Waals surface area (Å²) in [6.45, 7) is 1.88. The number of benzene rings is 1. The molecule has 94 valence electrons. The van der Waals surface area contributed by atoms with Crippen molar-refractivity contribution in [2.24, 2.45) is 0 Å². The van der Waals surface area contributed by atoms with Crippen molar-refractivity contribution in [2.45, 2.75) is 18.9 Å². The van der Waals surface area contributed by atoms with E-state index in [2.05, 4.69) is 10.6 Å². The summed E-state index contributed by atoms with van der Waals surface area (Å²) in [5.74, 6) is 0.265. The van der Waals surface area contributed by atoms with E-state index in [4.69, 9.17) is 4.42 Å². The molecule has 1 aliphatic heterocycles. The molecule has 4 nitrogen and oxygen atoms in total. The molecule has 18 heavy (non-hydrogen) atoms. The number of furan rings is 1. The average Bonchev–Trinajstić information content (AvgIpc) is 2.84. The zero-order valence-corrected chi connectivity index (χ0v) is 10.1. The van der Waals surface area contributed by atoms with Gasteiger partial charge in [0.15, 0.2) is 5.76 Å². The highest BCUT2D eigenvalue weighted by molar-refractivity contribution is 5.96. The van der Waals surface area contributed by atoms with Crippen molar-refractivity contribution < 1.29 is 9.21 Å². The molecule has 1 amide bonds. The van der Waals surface area contributed by atoms with Gasteiger partial charge in [0.05, 0.1) is 0 Å². The molecule has 1 aromatic carbocycles. The molecule has 0 aliphatic carbocycles. The first-order valence-corrected chi connectivity index (χ1v) is 6.33. The van der Waals surface area contributed by atoms with Crippen molar-refractivity contribution >= 4 is 16.9 Å². The fourth-order valence-corrected chi connectivity index (χ4v) is 2.33. The normalized spacial score (nSPS) is 19.9. The van der Waals surface area contributed by atoms with E-state index in [1.165, 1.54) is 0 Å². The molecule has 4 heteroatoms. The number of carbonyl (C=O) groups is 1. The molecule has 1 aliphatic rings. The van der Waals surface area contributed by atoms with Crippen molar-refractivity contribution in [2.75, 3.05) is 13.1 Å². The Morgan fingerprint density at radius 2 is 2.28 bits per heavy atom. The van der Waals surface area contributed by atoms with Crippen LogP contribution in [0.5, 0.6) is 0 Å². The lowest BCUT2D eigenvalue weighted by Gasteiger charge is -2.23. The van der Waals surface area contributed by atoms with E-state index < -0.39 is 0 Å². The fourth-order valence-electron chi connectivity index (χ4n) is 2.33. The van der Waals surface area contributed by atoms with Gasteiger partial charge in [-0.2, -0.15) is 0 Å². The van der Waals surface area contributed by atoms with Gasteiger partial charge in [0.1, 0.15) is 5.58 Å². The first-order valence-electron chi connectivity index (χ1n) is 6.33. The van der Waals surface area contributed by atoms with Crippen molar-refractivity contribution in [3.05, 3.63) is 36.1 Å².